The summed E-state index contributed by atoms with van der Waals surface area (Å²) in [6.07, 6.45) is -3.39. The summed E-state index contributed by atoms with van der Waals surface area (Å²) in [5.74, 6) is -0.854. The summed E-state index contributed by atoms with van der Waals surface area (Å²) in [5.41, 5.74) is -1.38. The molecule has 0 N–H and O–H groups in total. The van der Waals surface area contributed by atoms with Crippen molar-refractivity contribution in [1.29, 1.82) is 0 Å². The van der Waals surface area contributed by atoms with E-state index in [0.717, 1.165) is 6.07 Å². The molecule has 140 valence electrons. The van der Waals surface area contributed by atoms with Crippen LogP contribution >= 0.6 is 11.6 Å². The lowest BCUT2D eigenvalue weighted by atomic mass is 10.1. The summed E-state index contributed by atoms with van der Waals surface area (Å²) >= 11 is 6.06. The Morgan fingerprint density at radius 1 is 1.12 bits per heavy atom. The molecule has 0 saturated carbocycles. The molecule has 2 rings (SSSR count). The first-order valence-corrected chi connectivity index (χ1v) is 8.16. The topological polar surface area (TPSA) is 18.8 Å². The fourth-order valence-corrected chi connectivity index (χ4v) is 2.51. The van der Waals surface area contributed by atoms with Gasteiger partial charge in [-0.15, -0.1) is 0 Å². The van der Waals surface area contributed by atoms with E-state index in [-0.39, 0.29) is 16.4 Å². The molecule has 0 aliphatic heterocycles. The minimum absolute atomic E-state index is 0.259. The van der Waals surface area contributed by atoms with Crippen LogP contribution < -0.4 is 4.90 Å². The van der Waals surface area contributed by atoms with Crippen LogP contribution in [0.5, 0.6) is 0 Å². The molecule has 0 aliphatic rings. The number of para-hydroxylation sites is 1. The van der Waals surface area contributed by atoms with Crippen LogP contribution in [0.25, 0.3) is 0 Å². The van der Waals surface area contributed by atoms with Crippen molar-refractivity contribution in [2.75, 3.05) is 25.5 Å². The van der Waals surface area contributed by atoms with E-state index in [2.05, 4.69) is 4.99 Å². The minimum Gasteiger partial charge on any atom is -0.366 e. The molecule has 0 amide bonds. The third-order valence-corrected chi connectivity index (χ3v) is 4.16. The zero-order valence-electron chi connectivity index (χ0n) is 14.5. The van der Waals surface area contributed by atoms with Crippen molar-refractivity contribution in [1.82, 2.24) is 4.90 Å². The van der Waals surface area contributed by atoms with Crippen molar-refractivity contribution < 1.29 is 17.6 Å². The summed E-state index contributed by atoms with van der Waals surface area (Å²) in [5, 5.41) is 0.259. The summed E-state index contributed by atoms with van der Waals surface area (Å²) in [4.78, 5) is 6.65. The summed E-state index contributed by atoms with van der Waals surface area (Å²) in [6.45, 7) is 2.43. The van der Waals surface area contributed by atoms with Gasteiger partial charge in [-0.25, -0.2) is 9.38 Å². The highest BCUT2D eigenvalue weighted by atomic mass is 35.5. The predicted octanol–water partition coefficient (Wildman–Crippen LogP) is 5.88. The first-order valence-electron chi connectivity index (χ1n) is 7.78. The molecule has 0 radical (unpaired) electrons. The van der Waals surface area contributed by atoms with Gasteiger partial charge >= 0.3 is 6.18 Å². The van der Waals surface area contributed by atoms with Gasteiger partial charge in [0.1, 0.15) is 5.69 Å². The summed E-state index contributed by atoms with van der Waals surface area (Å²) in [6, 6.07) is 7.94. The molecule has 0 atom stereocenters. The van der Waals surface area contributed by atoms with E-state index < -0.39 is 17.6 Å². The van der Waals surface area contributed by atoms with Crippen LogP contribution in [0.2, 0.25) is 5.02 Å². The van der Waals surface area contributed by atoms with Gasteiger partial charge < -0.3 is 9.80 Å². The van der Waals surface area contributed by atoms with Crippen molar-refractivity contribution in [3.63, 3.8) is 0 Å². The maximum atomic E-state index is 14.4. The van der Waals surface area contributed by atoms with Gasteiger partial charge in [0, 0.05) is 26.7 Å². The van der Waals surface area contributed by atoms with Crippen LogP contribution in [0.1, 0.15) is 12.5 Å². The maximum absolute atomic E-state index is 14.4. The number of benzene rings is 2. The number of alkyl halides is 3. The van der Waals surface area contributed by atoms with Gasteiger partial charge in [-0.3, -0.25) is 0 Å². The Hall–Kier alpha value is -2.28. The second-order valence-electron chi connectivity index (χ2n) is 5.65. The summed E-state index contributed by atoms with van der Waals surface area (Å²) in [7, 11) is 3.09. The first-order chi connectivity index (χ1) is 12.1. The summed E-state index contributed by atoms with van der Waals surface area (Å²) < 4.78 is 55.1. The lowest BCUT2D eigenvalue weighted by molar-refractivity contribution is -0.137. The fraction of sp³-hybridized carbons (Fsp3) is 0.278. The highest BCUT2D eigenvalue weighted by molar-refractivity contribution is 6.33. The van der Waals surface area contributed by atoms with Crippen molar-refractivity contribution >= 4 is 35.0 Å². The molecule has 26 heavy (non-hydrogen) atoms. The molecule has 0 heterocycles. The Morgan fingerprint density at radius 3 is 2.35 bits per heavy atom. The third kappa shape index (κ3) is 4.46. The number of anilines is 2. The van der Waals surface area contributed by atoms with Crippen LogP contribution in [0.15, 0.2) is 41.4 Å². The lowest BCUT2D eigenvalue weighted by Gasteiger charge is -2.25. The predicted molar refractivity (Wildman–Crippen MR) is 97.4 cm³/mol. The first kappa shape index (κ1) is 20.0. The van der Waals surface area contributed by atoms with E-state index in [0.29, 0.717) is 18.3 Å². The zero-order valence-corrected chi connectivity index (χ0v) is 15.2. The number of rotatable bonds is 5. The highest BCUT2D eigenvalue weighted by Crippen LogP contribution is 2.42. The van der Waals surface area contributed by atoms with Gasteiger partial charge in [0.25, 0.3) is 0 Å². The van der Waals surface area contributed by atoms with E-state index in [1.807, 2.05) is 6.92 Å². The van der Waals surface area contributed by atoms with Gasteiger partial charge in [0.2, 0.25) is 0 Å². The average Bonchev–Trinajstić information content (AvgIpc) is 2.58. The quantitative estimate of drug-likeness (QED) is 0.362. The van der Waals surface area contributed by atoms with E-state index in [4.69, 9.17) is 11.6 Å². The Morgan fingerprint density at radius 2 is 1.77 bits per heavy atom. The normalized spacial score (nSPS) is 11.8. The van der Waals surface area contributed by atoms with E-state index >= 15 is 0 Å². The largest absolute Gasteiger partial charge is 0.418 e. The molecule has 0 spiro atoms. The highest BCUT2D eigenvalue weighted by Gasteiger charge is 2.36. The van der Waals surface area contributed by atoms with Gasteiger partial charge in [-0.1, -0.05) is 23.7 Å². The Kier molecular flexibility index (Phi) is 6.13. The van der Waals surface area contributed by atoms with Crippen LogP contribution in [0, 0.1) is 5.82 Å². The molecule has 3 nitrogen and oxygen atoms in total. The van der Waals surface area contributed by atoms with Crippen molar-refractivity contribution in [2.24, 2.45) is 4.99 Å². The van der Waals surface area contributed by atoms with Gasteiger partial charge in [0.05, 0.1) is 28.3 Å². The van der Waals surface area contributed by atoms with Crippen molar-refractivity contribution in [3.05, 3.63) is 52.8 Å². The lowest BCUT2D eigenvalue weighted by Crippen LogP contribution is -2.17. The number of nitrogens with zero attached hydrogens (tertiary/aromatic N) is 3. The Balaban J connectivity index is 2.58. The molecule has 2 aromatic carbocycles. The number of hydrogen-bond acceptors (Lipinski definition) is 2. The monoisotopic (exact) mass is 387 g/mol. The maximum Gasteiger partial charge on any atom is 0.418 e. The van der Waals surface area contributed by atoms with Crippen LogP contribution in [-0.4, -0.2) is 31.9 Å². The molecular weight excluding hydrogens is 370 g/mol. The molecule has 0 bridgehead atoms. The molecule has 2 aromatic rings. The molecule has 0 aliphatic carbocycles. The fourth-order valence-electron chi connectivity index (χ4n) is 2.25. The second-order valence-corrected chi connectivity index (χ2v) is 6.05. The van der Waals surface area contributed by atoms with Crippen LogP contribution in [-0.2, 0) is 6.18 Å². The molecule has 0 saturated heterocycles. The van der Waals surface area contributed by atoms with Gasteiger partial charge in [-0.2, -0.15) is 13.2 Å². The van der Waals surface area contributed by atoms with Crippen molar-refractivity contribution in [3.8, 4) is 0 Å². The van der Waals surface area contributed by atoms with Gasteiger partial charge in [-0.05, 0) is 25.1 Å². The average molecular weight is 388 g/mol. The molecule has 0 fully saturated rings. The Bertz CT molecular complexity index is 806. The van der Waals surface area contributed by atoms with Gasteiger partial charge in [0.15, 0.2) is 5.82 Å². The van der Waals surface area contributed by atoms with Crippen LogP contribution in [0.4, 0.5) is 34.6 Å². The van der Waals surface area contributed by atoms with Crippen molar-refractivity contribution in [2.45, 2.75) is 13.1 Å². The van der Waals surface area contributed by atoms with E-state index in [9.17, 15) is 17.6 Å². The molecule has 0 unspecified atom stereocenters. The molecule has 0 aromatic heterocycles. The number of hydrogen-bond donors (Lipinski definition) is 0. The zero-order chi connectivity index (χ0) is 19.5. The third-order valence-electron chi connectivity index (χ3n) is 3.84. The Labute approximate surface area is 154 Å². The molecule has 8 heteroatoms. The SMILES string of the molecule is CCN(C)C=Nc1cc(C(F)(F)F)c(N(C)c2ccccc2Cl)cc1F. The number of halogens is 5. The molecular formula is C18H18ClF4N3. The van der Waals surface area contributed by atoms with E-state index in [1.165, 1.54) is 18.3 Å². The number of aliphatic imine (C=N–C) groups is 1. The minimum atomic E-state index is -4.68. The standard InChI is InChI=1S/C18H18ClF4N3/c1-4-25(2)11-24-15-9-12(18(21,22)23)17(10-14(15)20)26(3)16-8-6-5-7-13(16)19/h5-11H,4H2,1-3H3. The van der Waals surface area contributed by atoms with E-state index in [1.54, 1.807) is 36.2 Å². The second kappa shape index (κ2) is 7.95. The van der Waals surface area contributed by atoms with Crippen LogP contribution in [0.3, 0.4) is 0 Å². The smallest absolute Gasteiger partial charge is 0.366 e.